The summed E-state index contributed by atoms with van der Waals surface area (Å²) in [6.45, 7) is 1.45. The summed E-state index contributed by atoms with van der Waals surface area (Å²) in [4.78, 5) is 28.1. The summed E-state index contributed by atoms with van der Waals surface area (Å²) in [6.07, 6.45) is -0.851. The molecule has 0 unspecified atom stereocenters. The Morgan fingerprint density at radius 3 is 2.48 bits per heavy atom. The van der Waals surface area contributed by atoms with E-state index in [4.69, 9.17) is 0 Å². The number of anilines is 1. The SMILES string of the molecule is CC(=O)c1ccc(NC(=O)c2cc3nc(C4CC4)cc(C(F)F)n3n2)cc1. The maximum Gasteiger partial charge on any atom is 0.280 e. The second kappa shape index (κ2) is 6.53. The van der Waals surface area contributed by atoms with Crippen molar-refractivity contribution in [3.8, 4) is 0 Å². The molecule has 3 aromatic rings. The van der Waals surface area contributed by atoms with Crippen LogP contribution in [-0.4, -0.2) is 26.3 Å². The van der Waals surface area contributed by atoms with Crippen molar-refractivity contribution in [2.24, 2.45) is 0 Å². The first kappa shape index (κ1) is 17.3. The summed E-state index contributed by atoms with van der Waals surface area (Å²) < 4.78 is 27.8. The van der Waals surface area contributed by atoms with Crippen LogP contribution in [0.25, 0.3) is 5.65 Å². The van der Waals surface area contributed by atoms with E-state index in [1.54, 1.807) is 24.3 Å². The van der Waals surface area contributed by atoms with Gasteiger partial charge in [0.1, 0.15) is 5.69 Å². The Kier molecular flexibility index (Phi) is 4.18. The van der Waals surface area contributed by atoms with Crippen LogP contribution in [-0.2, 0) is 0 Å². The molecule has 0 radical (unpaired) electrons. The Bertz CT molecular complexity index is 1040. The van der Waals surface area contributed by atoms with Gasteiger partial charge < -0.3 is 5.32 Å². The molecule has 2 heterocycles. The normalized spacial score (nSPS) is 13.9. The number of nitrogens with one attached hydrogen (secondary N) is 1. The minimum atomic E-state index is -2.72. The van der Waals surface area contributed by atoms with Crippen LogP contribution in [0.3, 0.4) is 0 Å². The lowest BCUT2D eigenvalue weighted by atomic mass is 10.1. The standard InChI is InChI=1S/C19H16F2N4O2/c1-10(26)11-4-6-13(7-5-11)22-19(27)15-9-17-23-14(12-2-3-12)8-16(18(20)21)25(17)24-15/h4-9,12,18H,2-3H2,1H3,(H,22,27). The lowest BCUT2D eigenvalue weighted by Crippen LogP contribution is -2.13. The van der Waals surface area contributed by atoms with Gasteiger partial charge in [-0.15, -0.1) is 0 Å². The average Bonchev–Trinajstić information content (AvgIpc) is 3.39. The Morgan fingerprint density at radius 2 is 1.89 bits per heavy atom. The number of aromatic nitrogens is 3. The number of alkyl halides is 2. The van der Waals surface area contributed by atoms with Crippen molar-refractivity contribution in [3.05, 3.63) is 59.0 Å². The van der Waals surface area contributed by atoms with Crippen LogP contribution >= 0.6 is 0 Å². The number of rotatable bonds is 5. The van der Waals surface area contributed by atoms with E-state index in [2.05, 4.69) is 15.4 Å². The zero-order valence-corrected chi connectivity index (χ0v) is 14.4. The van der Waals surface area contributed by atoms with Gasteiger partial charge in [-0.05, 0) is 50.1 Å². The fourth-order valence-corrected chi connectivity index (χ4v) is 2.86. The lowest BCUT2D eigenvalue weighted by Gasteiger charge is -2.06. The molecule has 27 heavy (non-hydrogen) atoms. The Hall–Kier alpha value is -3.16. The van der Waals surface area contributed by atoms with Crippen molar-refractivity contribution in [3.63, 3.8) is 0 Å². The van der Waals surface area contributed by atoms with Crippen LogP contribution in [0.1, 0.15) is 64.3 Å². The average molecular weight is 370 g/mol. The Balaban J connectivity index is 1.63. The molecule has 0 atom stereocenters. The van der Waals surface area contributed by atoms with Crippen molar-refractivity contribution in [1.82, 2.24) is 14.6 Å². The predicted octanol–water partition coefficient (Wildman–Crippen LogP) is 4.00. The summed E-state index contributed by atoms with van der Waals surface area (Å²) in [5, 5.41) is 6.65. The fourth-order valence-electron chi connectivity index (χ4n) is 2.86. The van der Waals surface area contributed by atoms with Gasteiger partial charge in [-0.25, -0.2) is 18.3 Å². The van der Waals surface area contributed by atoms with Gasteiger partial charge in [-0.1, -0.05) is 0 Å². The molecular formula is C19H16F2N4O2. The van der Waals surface area contributed by atoms with E-state index in [-0.39, 0.29) is 28.7 Å². The molecule has 0 bridgehead atoms. The van der Waals surface area contributed by atoms with Crippen molar-refractivity contribution >= 4 is 23.0 Å². The Morgan fingerprint density at radius 1 is 1.19 bits per heavy atom. The van der Waals surface area contributed by atoms with Crippen molar-refractivity contribution in [2.75, 3.05) is 5.32 Å². The first-order valence-corrected chi connectivity index (χ1v) is 8.53. The number of carbonyl (C=O) groups is 2. The minimum Gasteiger partial charge on any atom is -0.321 e. The van der Waals surface area contributed by atoms with Crippen LogP contribution in [0.15, 0.2) is 36.4 Å². The molecule has 1 N–H and O–H groups in total. The third-order valence-corrected chi connectivity index (χ3v) is 4.48. The number of amides is 1. The summed E-state index contributed by atoms with van der Waals surface area (Å²) in [5.74, 6) is -0.408. The molecule has 1 aromatic carbocycles. The number of nitrogens with zero attached hydrogens (tertiary/aromatic N) is 3. The van der Waals surface area contributed by atoms with Crippen molar-refractivity contribution in [1.29, 1.82) is 0 Å². The number of benzene rings is 1. The molecule has 6 nitrogen and oxygen atoms in total. The maximum absolute atomic E-state index is 13.4. The summed E-state index contributed by atoms with van der Waals surface area (Å²) in [5.41, 5.74) is 1.57. The zero-order chi connectivity index (χ0) is 19.1. The summed E-state index contributed by atoms with van der Waals surface area (Å²) >= 11 is 0. The lowest BCUT2D eigenvalue weighted by molar-refractivity contribution is 0.101. The van der Waals surface area contributed by atoms with Crippen LogP contribution in [0, 0.1) is 0 Å². The van der Waals surface area contributed by atoms with Crippen LogP contribution in [0.5, 0.6) is 0 Å². The number of carbonyl (C=O) groups excluding carboxylic acids is 2. The second-order valence-corrected chi connectivity index (χ2v) is 6.57. The number of halogens is 2. The highest BCUT2D eigenvalue weighted by molar-refractivity contribution is 6.03. The second-order valence-electron chi connectivity index (χ2n) is 6.57. The molecule has 0 spiro atoms. The number of hydrogen-bond donors (Lipinski definition) is 1. The first-order valence-electron chi connectivity index (χ1n) is 8.53. The van der Waals surface area contributed by atoms with E-state index in [9.17, 15) is 18.4 Å². The molecule has 138 valence electrons. The maximum atomic E-state index is 13.4. The molecule has 0 aliphatic heterocycles. The first-order chi connectivity index (χ1) is 12.9. The molecule has 1 amide bonds. The third-order valence-electron chi connectivity index (χ3n) is 4.48. The van der Waals surface area contributed by atoms with Crippen LogP contribution in [0.4, 0.5) is 14.5 Å². The van der Waals surface area contributed by atoms with E-state index in [1.165, 1.54) is 19.1 Å². The van der Waals surface area contributed by atoms with E-state index >= 15 is 0 Å². The highest BCUT2D eigenvalue weighted by atomic mass is 19.3. The molecule has 4 rings (SSSR count). The molecule has 0 saturated heterocycles. The van der Waals surface area contributed by atoms with Gasteiger partial charge in [-0.2, -0.15) is 5.10 Å². The molecule has 8 heteroatoms. The van der Waals surface area contributed by atoms with E-state index in [0.29, 0.717) is 16.9 Å². The van der Waals surface area contributed by atoms with Crippen LogP contribution in [0.2, 0.25) is 0 Å². The van der Waals surface area contributed by atoms with E-state index < -0.39 is 12.3 Å². The number of fused-ring (bicyclic) bond motifs is 1. The largest absolute Gasteiger partial charge is 0.321 e. The Labute approximate surface area is 153 Å². The minimum absolute atomic E-state index is 0.00649. The van der Waals surface area contributed by atoms with Crippen molar-refractivity contribution in [2.45, 2.75) is 32.1 Å². The molecular weight excluding hydrogens is 354 g/mol. The molecule has 1 fully saturated rings. The highest BCUT2D eigenvalue weighted by Gasteiger charge is 2.28. The number of hydrogen-bond acceptors (Lipinski definition) is 4. The molecule has 1 saturated carbocycles. The summed E-state index contributed by atoms with van der Waals surface area (Å²) in [6, 6.07) is 9.15. The van der Waals surface area contributed by atoms with Gasteiger partial charge in [-0.3, -0.25) is 9.59 Å². The highest BCUT2D eigenvalue weighted by Crippen LogP contribution is 2.40. The summed E-state index contributed by atoms with van der Waals surface area (Å²) in [7, 11) is 0. The smallest absolute Gasteiger partial charge is 0.280 e. The van der Waals surface area contributed by atoms with E-state index in [1.807, 2.05) is 0 Å². The van der Waals surface area contributed by atoms with Crippen molar-refractivity contribution < 1.29 is 18.4 Å². The molecule has 1 aliphatic carbocycles. The van der Waals surface area contributed by atoms with Gasteiger partial charge in [0.05, 0.1) is 0 Å². The van der Waals surface area contributed by atoms with Gasteiger partial charge in [0.15, 0.2) is 17.1 Å². The third kappa shape index (κ3) is 3.42. The quantitative estimate of drug-likeness (QED) is 0.689. The fraction of sp³-hybridized carbons (Fsp3) is 0.263. The number of ketones is 1. The number of Topliss-reactive ketones (excluding diaryl/α,β-unsaturated/α-hetero) is 1. The predicted molar refractivity (Wildman–Crippen MR) is 94.3 cm³/mol. The monoisotopic (exact) mass is 370 g/mol. The van der Waals surface area contributed by atoms with E-state index in [0.717, 1.165) is 17.4 Å². The molecule has 1 aliphatic rings. The van der Waals surface area contributed by atoms with Gasteiger partial charge in [0.2, 0.25) is 0 Å². The van der Waals surface area contributed by atoms with Gasteiger partial charge >= 0.3 is 0 Å². The van der Waals surface area contributed by atoms with Gasteiger partial charge in [0, 0.05) is 28.9 Å². The van der Waals surface area contributed by atoms with Crippen LogP contribution < -0.4 is 5.32 Å². The zero-order valence-electron chi connectivity index (χ0n) is 14.4. The molecule has 2 aromatic heterocycles. The van der Waals surface area contributed by atoms with Gasteiger partial charge in [0.25, 0.3) is 12.3 Å². The topological polar surface area (TPSA) is 76.4 Å².